The van der Waals surface area contributed by atoms with Crippen molar-refractivity contribution in [3.8, 4) is 5.69 Å². The molecule has 120 valence electrons. The maximum Gasteiger partial charge on any atom is 0.276 e. The van der Waals surface area contributed by atoms with E-state index in [1.165, 1.54) is 23.0 Å². The van der Waals surface area contributed by atoms with E-state index in [4.69, 9.17) is 0 Å². The van der Waals surface area contributed by atoms with Gasteiger partial charge in [0.15, 0.2) is 5.69 Å². The topological polar surface area (TPSA) is 80.1 Å². The second-order valence-electron chi connectivity index (χ2n) is 5.43. The fourth-order valence-electron chi connectivity index (χ4n) is 2.52. The summed E-state index contributed by atoms with van der Waals surface area (Å²) in [4.78, 5) is 25.7. The van der Waals surface area contributed by atoms with E-state index in [1.54, 1.807) is 17.0 Å². The van der Waals surface area contributed by atoms with Crippen LogP contribution in [0.5, 0.6) is 0 Å². The number of hydrogen-bond donors (Lipinski definition) is 1. The minimum absolute atomic E-state index is 0.0669. The molecule has 2 amide bonds. The van der Waals surface area contributed by atoms with E-state index in [2.05, 4.69) is 15.6 Å². The first-order valence-corrected chi connectivity index (χ1v) is 7.30. The van der Waals surface area contributed by atoms with E-state index in [0.717, 1.165) is 0 Å². The Labute approximate surface area is 132 Å². The maximum absolute atomic E-state index is 13.0. The van der Waals surface area contributed by atoms with Gasteiger partial charge in [-0.2, -0.15) is 0 Å². The van der Waals surface area contributed by atoms with Gasteiger partial charge in [-0.3, -0.25) is 9.59 Å². The molecule has 23 heavy (non-hydrogen) atoms. The van der Waals surface area contributed by atoms with Gasteiger partial charge in [0.1, 0.15) is 5.82 Å². The summed E-state index contributed by atoms with van der Waals surface area (Å²) in [6.07, 6.45) is 1.76. The number of rotatable bonds is 2. The second kappa shape index (κ2) is 6.15. The quantitative estimate of drug-likeness (QED) is 0.887. The van der Waals surface area contributed by atoms with Gasteiger partial charge in [0.2, 0.25) is 5.91 Å². The van der Waals surface area contributed by atoms with Crippen LogP contribution in [0.25, 0.3) is 5.69 Å². The average Bonchev–Trinajstić information content (AvgIpc) is 2.94. The number of halogens is 1. The Morgan fingerprint density at radius 1 is 1.35 bits per heavy atom. The number of benzene rings is 1. The zero-order chi connectivity index (χ0) is 16.4. The lowest BCUT2D eigenvalue weighted by Crippen LogP contribution is -2.39. The number of nitrogens with zero attached hydrogens (tertiary/aromatic N) is 4. The van der Waals surface area contributed by atoms with Gasteiger partial charge in [-0.15, -0.1) is 5.10 Å². The van der Waals surface area contributed by atoms with Crippen molar-refractivity contribution in [1.82, 2.24) is 25.2 Å². The van der Waals surface area contributed by atoms with Crippen molar-refractivity contribution < 1.29 is 14.0 Å². The molecule has 0 spiro atoms. The van der Waals surface area contributed by atoms with E-state index in [-0.39, 0.29) is 35.8 Å². The van der Waals surface area contributed by atoms with E-state index >= 15 is 0 Å². The second-order valence-corrected chi connectivity index (χ2v) is 5.43. The lowest BCUT2D eigenvalue weighted by molar-refractivity contribution is -0.121. The first-order chi connectivity index (χ1) is 11.0. The Hall–Kier alpha value is -2.77. The monoisotopic (exact) mass is 317 g/mol. The largest absolute Gasteiger partial charge is 0.354 e. The van der Waals surface area contributed by atoms with Crippen molar-refractivity contribution in [2.75, 3.05) is 13.1 Å². The molecule has 1 unspecified atom stereocenters. The van der Waals surface area contributed by atoms with Crippen molar-refractivity contribution in [3.05, 3.63) is 42.0 Å². The molecule has 1 N–H and O–H groups in total. The van der Waals surface area contributed by atoms with E-state index < -0.39 is 0 Å². The predicted molar refractivity (Wildman–Crippen MR) is 79.4 cm³/mol. The van der Waals surface area contributed by atoms with Crippen molar-refractivity contribution in [2.24, 2.45) is 0 Å². The van der Waals surface area contributed by atoms with Crippen LogP contribution in [-0.2, 0) is 4.79 Å². The fourth-order valence-corrected chi connectivity index (χ4v) is 2.52. The van der Waals surface area contributed by atoms with Gasteiger partial charge in [-0.1, -0.05) is 5.21 Å². The molecule has 1 aliphatic rings. The summed E-state index contributed by atoms with van der Waals surface area (Å²) in [7, 11) is 0. The van der Waals surface area contributed by atoms with Gasteiger partial charge in [0, 0.05) is 25.6 Å². The van der Waals surface area contributed by atoms with Crippen LogP contribution >= 0.6 is 0 Å². The Morgan fingerprint density at radius 2 is 2.09 bits per heavy atom. The fraction of sp³-hybridized carbons (Fsp3) is 0.333. The molecule has 1 aliphatic heterocycles. The van der Waals surface area contributed by atoms with Crippen LogP contribution in [0.4, 0.5) is 4.39 Å². The first-order valence-electron chi connectivity index (χ1n) is 7.30. The third-order valence-electron chi connectivity index (χ3n) is 3.75. The van der Waals surface area contributed by atoms with E-state index in [0.29, 0.717) is 18.8 Å². The van der Waals surface area contributed by atoms with Crippen LogP contribution in [0, 0.1) is 5.82 Å². The molecule has 0 saturated carbocycles. The van der Waals surface area contributed by atoms with Crippen LogP contribution in [0.15, 0.2) is 30.5 Å². The normalized spacial score (nSPS) is 18.4. The first kappa shape index (κ1) is 15.1. The van der Waals surface area contributed by atoms with E-state index in [1.807, 2.05) is 6.92 Å². The minimum Gasteiger partial charge on any atom is -0.354 e. The summed E-state index contributed by atoms with van der Waals surface area (Å²) in [5, 5.41) is 10.5. The third kappa shape index (κ3) is 3.20. The molecule has 1 fully saturated rings. The van der Waals surface area contributed by atoms with Gasteiger partial charge in [-0.05, 0) is 31.2 Å². The van der Waals surface area contributed by atoms with Gasteiger partial charge in [0.05, 0.1) is 11.9 Å². The Bertz CT molecular complexity index is 728. The molecule has 8 heteroatoms. The molecule has 1 aromatic heterocycles. The minimum atomic E-state index is -0.347. The Balaban J connectivity index is 1.80. The summed E-state index contributed by atoms with van der Waals surface area (Å²) in [5.41, 5.74) is 0.800. The lowest BCUT2D eigenvalue weighted by atomic mass is 10.2. The average molecular weight is 317 g/mol. The van der Waals surface area contributed by atoms with Gasteiger partial charge < -0.3 is 10.2 Å². The number of carbonyl (C=O) groups excluding carboxylic acids is 2. The van der Waals surface area contributed by atoms with Crippen LogP contribution in [0.2, 0.25) is 0 Å². The molecule has 0 radical (unpaired) electrons. The van der Waals surface area contributed by atoms with Crippen molar-refractivity contribution in [2.45, 2.75) is 19.4 Å². The third-order valence-corrected chi connectivity index (χ3v) is 3.75. The lowest BCUT2D eigenvalue weighted by Gasteiger charge is -2.24. The highest BCUT2D eigenvalue weighted by Gasteiger charge is 2.27. The molecule has 1 aromatic carbocycles. The number of nitrogens with one attached hydrogen (secondary N) is 1. The maximum atomic E-state index is 13.0. The van der Waals surface area contributed by atoms with Crippen molar-refractivity contribution in [3.63, 3.8) is 0 Å². The predicted octanol–water partition coefficient (Wildman–Crippen LogP) is 0.757. The molecule has 2 heterocycles. The van der Waals surface area contributed by atoms with Crippen molar-refractivity contribution >= 4 is 11.8 Å². The van der Waals surface area contributed by atoms with Crippen LogP contribution in [0.1, 0.15) is 23.8 Å². The Morgan fingerprint density at radius 3 is 2.83 bits per heavy atom. The Kier molecular flexibility index (Phi) is 4.05. The summed E-state index contributed by atoms with van der Waals surface area (Å²) < 4.78 is 14.4. The van der Waals surface area contributed by atoms with Gasteiger partial charge in [0.25, 0.3) is 5.91 Å². The zero-order valence-corrected chi connectivity index (χ0v) is 12.6. The van der Waals surface area contributed by atoms with Crippen LogP contribution in [0.3, 0.4) is 0 Å². The summed E-state index contributed by atoms with van der Waals surface area (Å²) in [5.74, 6) is -0.689. The number of carbonyl (C=O) groups is 2. The highest BCUT2D eigenvalue weighted by molar-refractivity contribution is 5.93. The molecule has 3 rings (SSSR count). The molecular weight excluding hydrogens is 301 g/mol. The summed E-state index contributed by atoms with van der Waals surface area (Å²) in [6.45, 7) is 2.67. The number of hydrogen-bond acceptors (Lipinski definition) is 4. The van der Waals surface area contributed by atoms with Crippen LogP contribution in [-0.4, -0.2) is 50.8 Å². The standard InChI is InChI=1S/C15H16FN5O2/c1-10-8-14(22)17-6-7-20(10)15(23)13-9-21(19-18-13)12-4-2-11(16)3-5-12/h2-5,9-10H,6-8H2,1H3,(H,17,22). The van der Waals surface area contributed by atoms with Gasteiger partial charge >= 0.3 is 0 Å². The highest BCUT2D eigenvalue weighted by atomic mass is 19.1. The number of aromatic nitrogens is 3. The zero-order valence-electron chi connectivity index (χ0n) is 12.6. The smallest absolute Gasteiger partial charge is 0.276 e. The molecule has 0 bridgehead atoms. The molecule has 7 nitrogen and oxygen atoms in total. The summed E-state index contributed by atoms with van der Waals surface area (Å²) in [6, 6.07) is 5.52. The van der Waals surface area contributed by atoms with E-state index in [9.17, 15) is 14.0 Å². The number of amides is 2. The molecule has 2 aromatic rings. The SMILES string of the molecule is CC1CC(=O)NCCN1C(=O)c1cn(-c2ccc(F)cc2)nn1. The molecule has 1 atom stereocenters. The molecule has 0 aliphatic carbocycles. The van der Waals surface area contributed by atoms with Crippen molar-refractivity contribution in [1.29, 1.82) is 0 Å². The molecular formula is C15H16FN5O2. The highest BCUT2D eigenvalue weighted by Crippen LogP contribution is 2.13. The summed E-state index contributed by atoms with van der Waals surface area (Å²) >= 11 is 0. The molecule has 1 saturated heterocycles. The van der Waals surface area contributed by atoms with Crippen LogP contribution < -0.4 is 5.32 Å². The van der Waals surface area contributed by atoms with Gasteiger partial charge in [-0.25, -0.2) is 9.07 Å².